The van der Waals surface area contributed by atoms with Crippen LogP contribution in [0.3, 0.4) is 0 Å². The lowest BCUT2D eigenvalue weighted by atomic mass is 9.58. The molecule has 1 saturated heterocycles. The van der Waals surface area contributed by atoms with Gasteiger partial charge in [0.15, 0.2) is 0 Å². The van der Waals surface area contributed by atoms with E-state index in [1.54, 1.807) is 0 Å². The van der Waals surface area contributed by atoms with Gasteiger partial charge in [0, 0.05) is 25.0 Å². The molecule has 1 heterocycles. The van der Waals surface area contributed by atoms with E-state index in [9.17, 15) is 5.11 Å². The van der Waals surface area contributed by atoms with Crippen LogP contribution in [0, 0.1) is 5.41 Å². The first-order valence-corrected chi connectivity index (χ1v) is 9.41. The molecule has 1 aliphatic heterocycles. The van der Waals surface area contributed by atoms with Crippen molar-refractivity contribution in [3.8, 4) is 5.75 Å². The van der Waals surface area contributed by atoms with Gasteiger partial charge in [-0.1, -0.05) is 19.1 Å². The lowest BCUT2D eigenvalue weighted by Crippen LogP contribution is -2.62. The molecular weight excluding hydrogens is 302 g/mol. The molecule has 2 fully saturated rings. The van der Waals surface area contributed by atoms with Gasteiger partial charge in [0.25, 0.3) is 0 Å². The van der Waals surface area contributed by atoms with Crippen LogP contribution in [0.5, 0.6) is 5.75 Å². The third-order valence-electron chi connectivity index (χ3n) is 5.67. The van der Waals surface area contributed by atoms with Crippen LogP contribution >= 0.6 is 0 Å². The Kier molecular flexibility index (Phi) is 5.80. The Bertz CT molecular complexity index is 523. The highest BCUT2D eigenvalue weighted by molar-refractivity contribution is 5.28. The van der Waals surface area contributed by atoms with Gasteiger partial charge in [-0.25, -0.2) is 0 Å². The smallest absolute Gasteiger partial charge is 0.119 e. The van der Waals surface area contributed by atoms with Crippen LogP contribution in [-0.2, 0) is 11.3 Å². The zero-order valence-electron chi connectivity index (χ0n) is 15.0. The summed E-state index contributed by atoms with van der Waals surface area (Å²) in [6.45, 7) is 8.69. The molecule has 2 unspecified atom stereocenters. The van der Waals surface area contributed by atoms with Crippen molar-refractivity contribution in [2.24, 2.45) is 5.41 Å². The van der Waals surface area contributed by atoms with Crippen molar-refractivity contribution in [2.75, 3.05) is 26.3 Å². The topological polar surface area (TPSA) is 41.9 Å². The van der Waals surface area contributed by atoms with Crippen LogP contribution in [-0.4, -0.2) is 48.5 Å². The summed E-state index contributed by atoms with van der Waals surface area (Å²) in [5.74, 6) is 0.966. The van der Waals surface area contributed by atoms with Gasteiger partial charge in [0.05, 0.1) is 18.8 Å². The summed E-state index contributed by atoms with van der Waals surface area (Å²) in [6.07, 6.45) is 3.98. The van der Waals surface area contributed by atoms with E-state index >= 15 is 0 Å². The lowest BCUT2D eigenvalue weighted by Gasteiger charge is -2.56. The first-order chi connectivity index (χ1) is 11.7. The second kappa shape index (κ2) is 7.85. The van der Waals surface area contributed by atoms with Gasteiger partial charge in [-0.05, 0) is 57.0 Å². The quantitative estimate of drug-likeness (QED) is 0.832. The minimum Gasteiger partial charge on any atom is -0.494 e. The van der Waals surface area contributed by atoms with Crippen molar-refractivity contribution >= 4 is 0 Å². The molecular formula is C20H31NO3. The van der Waals surface area contributed by atoms with Gasteiger partial charge in [-0.15, -0.1) is 0 Å². The number of nitrogens with zero attached hydrogens (tertiary/aromatic N) is 1. The highest BCUT2D eigenvalue weighted by Gasteiger charge is 2.55. The second-order valence-electron chi connectivity index (χ2n) is 7.20. The van der Waals surface area contributed by atoms with Gasteiger partial charge in [0.1, 0.15) is 5.75 Å². The molecule has 1 aromatic carbocycles. The Labute approximate surface area is 145 Å². The molecule has 4 heteroatoms. The average Bonchev–Trinajstić information content (AvgIpc) is 2.61. The number of aliphatic hydroxyl groups is 1. The third-order valence-corrected chi connectivity index (χ3v) is 5.67. The van der Waals surface area contributed by atoms with Crippen LogP contribution in [0.15, 0.2) is 24.3 Å². The van der Waals surface area contributed by atoms with Crippen LogP contribution in [0.2, 0.25) is 0 Å². The van der Waals surface area contributed by atoms with E-state index in [2.05, 4.69) is 30.0 Å². The number of piperidine rings is 1. The summed E-state index contributed by atoms with van der Waals surface area (Å²) in [5, 5.41) is 10.3. The second-order valence-corrected chi connectivity index (χ2v) is 7.20. The van der Waals surface area contributed by atoms with E-state index in [-0.39, 0.29) is 17.6 Å². The summed E-state index contributed by atoms with van der Waals surface area (Å²) in [5.41, 5.74) is 1.31. The molecule has 1 saturated carbocycles. The third kappa shape index (κ3) is 3.61. The molecule has 1 spiro atoms. The standard InChI is InChI=1S/C20H31NO3/c1-3-12-24-17-7-5-6-16(13-17)15-21-10-8-20(9-11-21)18(22)14-19(20)23-4-2/h5-7,13,18-19,22H,3-4,8-12,14-15H2,1-2H3. The minimum atomic E-state index is -0.179. The fourth-order valence-corrected chi connectivity index (χ4v) is 4.16. The van der Waals surface area contributed by atoms with E-state index in [0.717, 1.165) is 64.3 Å². The van der Waals surface area contributed by atoms with Crippen molar-refractivity contribution in [2.45, 2.75) is 58.3 Å². The molecule has 1 aliphatic carbocycles. The molecule has 2 atom stereocenters. The van der Waals surface area contributed by atoms with E-state index in [0.29, 0.717) is 0 Å². The Morgan fingerprint density at radius 1 is 1.25 bits per heavy atom. The van der Waals surface area contributed by atoms with E-state index < -0.39 is 0 Å². The zero-order valence-corrected chi connectivity index (χ0v) is 15.0. The maximum atomic E-state index is 10.3. The fraction of sp³-hybridized carbons (Fsp3) is 0.700. The Hall–Kier alpha value is -1.10. The highest BCUT2D eigenvalue weighted by Crippen LogP contribution is 2.51. The fourth-order valence-electron chi connectivity index (χ4n) is 4.16. The van der Waals surface area contributed by atoms with Crippen molar-refractivity contribution in [1.82, 2.24) is 4.90 Å². The van der Waals surface area contributed by atoms with Crippen LogP contribution in [0.25, 0.3) is 0 Å². The number of hydrogen-bond acceptors (Lipinski definition) is 4. The van der Waals surface area contributed by atoms with Crippen molar-refractivity contribution in [3.63, 3.8) is 0 Å². The molecule has 2 aliphatic rings. The lowest BCUT2D eigenvalue weighted by molar-refractivity contribution is -0.209. The van der Waals surface area contributed by atoms with E-state index in [4.69, 9.17) is 9.47 Å². The van der Waals surface area contributed by atoms with Gasteiger partial charge in [-0.3, -0.25) is 4.90 Å². The van der Waals surface area contributed by atoms with Crippen LogP contribution < -0.4 is 4.74 Å². The molecule has 0 bridgehead atoms. The number of aliphatic hydroxyl groups excluding tert-OH is 1. The van der Waals surface area contributed by atoms with Gasteiger partial charge in [0.2, 0.25) is 0 Å². The van der Waals surface area contributed by atoms with Gasteiger partial charge < -0.3 is 14.6 Å². The predicted molar refractivity (Wildman–Crippen MR) is 95.2 cm³/mol. The normalized spacial score (nSPS) is 26.3. The predicted octanol–water partition coefficient (Wildman–Crippen LogP) is 3.23. The molecule has 1 N–H and O–H groups in total. The molecule has 0 radical (unpaired) electrons. The molecule has 134 valence electrons. The van der Waals surface area contributed by atoms with E-state index in [1.165, 1.54) is 5.56 Å². The highest BCUT2D eigenvalue weighted by atomic mass is 16.5. The number of benzene rings is 1. The summed E-state index contributed by atoms with van der Waals surface area (Å²) in [4.78, 5) is 2.48. The number of hydrogen-bond donors (Lipinski definition) is 1. The molecule has 1 aromatic rings. The molecule has 0 amide bonds. The monoisotopic (exact) mass is 333 g/mol. The van der Waals surface area contributed by atoms with Gasteiger partial charge in [-0.2, -0.15) is 0 Å². The first-order valence-electron chi connectivity index (χ1n) is 9.41. The van der Waals surface area contributed by atoms with Crippen molar-refractivity contribution < 1.29 is 14.6 Å². The largest absolute Gasteiger partial charge is 0.494 e. The average molecular weight is 333 g/mol. The summed E-state index contributed by atoms with van der Waals surface area (Å²) in [6, 6.07) is 8.43. The maximum absolute atomic E-state index is 10.3. The zero-order chi connectivity index (χ0) is 17.0. The number of rotatable bonds is 7. The van der Waals surface area contributed by atoms with Crippen molar-refractivity contribution in [1.29, 1.82) is 0 Å². The number of ether oxygens (including phenoxy) is 2. The first kappa shape index (κ1) is 17.7. The number of likely N-dealkylation sites (tertiary alicyclic amines) is 1. The van der Waals surface area contributed by atoms with E-state index in [1.807, 2.05) is 13.0 Å². The Morgan fingerprint density at radius 3 is 2.71 bits per heavy atom. The molecule has 4 nitrogen and oxygen atoms in total. The summed E-state index contributed by atoms with van der Waals surface area (Å²) >= 11 is 0. The Morgan fingerprint density at radius 2 is 2.04 bits per heavy atom. The summed E-state index contributed by atoms with van der Waals surface area (Å²) < 4.78 is 11.6. The SMILES string of the molecule is CCCOc1cccc(CN2CCC3(CC2)C(O)CC3OCC)c1. The minimum absolute atomic E-state index is 0.0125. The maximum Gasteiger partial charge on any atom is 0.119 e. The van der Waals surface area contributed by atoms with Crippen LogP contribution in [0.1, 0.15) is 45.1 Å². The van der Waals surface area contributed by atoms with Gasteiger partial charge >= 0.3 is 0 Å². The Balaban J connectivity index is 1.54. The molecule has 0 aromatic heterocycles. The molecule has 3 rings (SSSR count). The molecule has 24 heavy (non-hydrogen) atoms. The van der Waals surface area contributed by atoms with Crippen LogP contribution in [0.4, 0.5) is 0 Å². The summed E-state index contributed by atoms with van der Waals surface area (Å²) in [7, 11) is 0. The van der Waals surface area contributed by atoms with Crippen molar-refractivity contribution in [3.05, 3.63) is 29.8 Å².